The summed E-state index contributed by atoms with van der Waals surface area (Å²) in [5.41, 5.74) is 6.61. The van der Waals surface area contributed by atoms with E-state index in [1.807, 2.05) is 6.07 Å². The maximum atomic E-state index is 9.65. The molecule has 0 saturated heterocycles. The van der Waals surface area contributed by atoms with Crippen molar-refractivity contribution in [3.05, 3.63) is 33.8 Å². The van der Waals surface area contributed by atoms with E-state index in [9.17, 15) is 5.11 Å². The molecular formula is C13H17Cl2NO. The molecule has 94 valence electrons. The van der Waals surface area contributed by atoms with Crippen LogP contribution in [0.5, 0.6) is 0 Å². The van der Waals surface area contributed by atoms with Crippen LogP contribution < -0.4 is 5.73 Å². The van der Waals surface area contributed by atoms with E-state index in [1.54, 1.807) is 12.1 Å². The molecule has 0 radical (unpaired) electrons. The minimum Gasteiger partial charge on any atom is -0.396 e. The lowest BCUT2D eigenvalue weighted by atomic mass is 9.78. The second-order valence-electron chi connectivity index (χ2n) is 4.91. The van der Waals surface area contributed by atoms with Crippen LogP contribution >= 0.6 is 23.2 Å². The van der Waals surface area contributed by atoms with Crippen LogP contribution in [-0.4, -0.2) is 18.3 Å². The Hall–Kier alpha value is -0.280. The quantitative estimate of drug-likeness (QED) is 0.867. The first-order valence-corrected chi connectivity index (χ1v) is 6.62. The second-order valence-corrected chi connectivity index (χ2v) is 5.76. The third-order valence-corrected chi connectivity index (χ3v) is 4.32. The molecule has 0 aliphatic heterocycles. The predicted octanol–water partition coefficient (Wildman–Crippen LogP) is 2.88. The zero-order chi connectivity index (χ0) is 12.5. The van der Waals surface area contributed by atoms with Gasteiger partial charge in [0.05, 0.1) is 6.61 Å². The van der Waals surface area contributed by atoms with Crippen molar-refractivity contribution in [1.82, 2.24) is 0 Å². The summed E-state index contributed by atoms with van der Waals surface area (Å²) < 4.78 is 0. The highest BCUT2D eigenvalue weighted by Gasteiger charge is 2.44. The molecular weight excluding hydrogens is 257 g/mol. The van der Waals surface area contributed by atoms with Crippen molar-refractivity contribution >= 4 is 23.2 Å². The summed E-state index contributed by atoms with van der Waals surface area (Å²) in [6, 6.07) is 5.44. The molecule has 0 aromatic heterocycles. The third-order valence-electron chi connectivity index (χ3n) is 3.72. The minimum absolute atomic E-state index is 0.108. The van der Waals surface area contributed by atoms with Gasteiger partial charge in [-0.3, -0.25) is 0 Å². The van der Waals surface area contributed by atoms with Crippen LogP contribution in [0, 0.1) is 11.3 Å². The van der Waals surface area contributed by atoms with Gasteiger partial charge in [0.1, 0.15) is 0 Å². The second kappa shape index (κ2) is 5.15. The van der Waals surface area contributed by atoms with Crippen LogP contribution in [-0.2, 0) is 6.42 Å². The van der Waals surface area contributed by atoms with Gasteiger partial charge < -0.3 is 10.8 Å². The van der Waals surface area contributed by atoms with E-state index in [0.717, 1.165) is 18.4 Å². The Morgan fingerprint density at radius 3 is 2.59 bits per heavy atom. The summed E-state index contributed by atoms with van der Waals surface area (Å²) in [5, 5.41) is 11.0. The fraction of sp³-hybridized carbons (Fsp3) is 0.538. The lowest BCUT2D eigenvalue weighted by Gasteiger charge is -2.31. The number of halogens is 2. The van der Waals surface area contributed by atoms with Gasteiger partial charge in [-0.05, 0) is 48.9 Å². The van der Waals surface area contributed by atoms with Gasteiger partial charge in [0.25, 0.3) is 0 Å². The normalized spacial score (nSPS) is 19.1. The fourth-order valence-electron chi connectivity index (χ4n) is 2.39. The molecule has 0 amide bonds. The molecule has 1 aliphatic rings. The Balaban J connectivity index is 2.25. The number of benzene rings is 1. The first-order chi connectivity index (χ1) is 8.11. The molecule has 1 unspecified atom stereocenters. The first kappa shape index (κ1) is 13.2. The van der Waals surface area contributed by atoms with Crippen molar-refractivity contribution in [2.24, 2.45) is 17.1 Å². The molecule has 0 spiro atoms. The van der Waals surface area contributed by atoms with Crippen LogP contribution in [0.1, 0.15) is 18.4 Å². The van der Waals surface area contributed by atoms with E-state index in [-0.39, 0.29) is 12.0 Å². The first-order valence-electron chi connectivity index (χ1n) is 5.86. The van der Waals surface area contributed by atoms with E-state index in [4.69, 9.17) is 28.9 Å². The Bertz CT molecular complexity index is 400. The molecule has 0 bridgehead atoms. The summed E-state index contributed by atoms with van der Waals surface area (Å²) in [4.78, 5) is 0. The molecule has 1 fully saturated rings. The van der Waals surface area contributed by atoms with Gasteiger partial charge in [0.2, 0.25) is 0 Å². The van der Waals surface area contributed by atoms with E-state index < -0.39 is 0 Å². The van der Waals surface area contributed by atoms with Gasteiger partial charge in [0, 0.05) is 22.0 Å². The van der Waals surface area contributed by atoms with Gasteiger partial charge in [0.15, 0.2) is 0 Å². The van der Waals surface area contributed by atoms with E-state index in [2.05, 4.69) is 0 Å². The zero-order valence-corrected chi connectivity index (χ0v) is 11.1. The average molecular weight is 274 g/mol. The molecule has 1 saturated carbocycles. The highest BCUT2D eigenvalue weighted by Crippen LogP contribution is 2.47. The standard InChI is InChI=1S/C13H17Cl2NO/c14-11-3-4-12(15)9(5-11)6-13(7-16,8-17)10-1-2-10/h3-5,10,17H,1-2,6-8,16H2. The molecule has 1 aromatic carbocycles. The van der Waals surface area contributed by atoms with E-state index in [0.29, 0.717) is 28.9 Å². The van der Waals surface area contributed by atoms with Crippen molar-refractivity contribution in [2.45, 2.75) is 19.3 Å². The maximum Gasteiger partial charge on any atom is 0.0505 e. The Labute approximate surface area is 112 Å². The molecule has 1 aromatic rings. The zero-order valence-electron chi connectivity index (χ0n) is 9.63. The topological polar surface area (TPSA) is 46.2 Å². The van der Waals surface area contributed by atoms with Gasteiger partial charge in [-0.2, -0.15) is 0 Å². The third kappa shape index (κ3) is 2.76. The Morgan fingerprint density at radius 1 is 1.35 bits per heavy atom. The van der Waals surface area contributed by atoms with Crippen molar-refractivity contribution in [2.75, 3.05) is 13.2 Å². The monoisotopic (exact) mass is 273 g/mol. The van der Waals surface area contributed by atoms with Crippen molar-refractivity contribution in [3.63, 3.8) is 0 Å². The largest absolute Gasteiger partial charge is 0.396 e. The summed E-state index contributed by atoms with van der Waals surface area (Å²) in [6.45, 7) is 0.591. The van der Waals surface area contributed by atoms with Crippen molar-refractivity contribution in [1.29, 1.82) is 0 Å². The van der Waals surface area contributed by atoms with E-state index >= 15 is 0 Å². The Morgan fingerprint density at radius 2 is 2.06 bits per heavy atom. The smallest absolute Gasteiger partial charge is 0.0505 e. The van der Waals surface area contributed by atoms with Gasteiger partial charge >= 0.3 is 0 Å². The number of hydrogen-bond acceptors (Lipinski definition) is 2. The lowest BCUT2D eigenvalue weighted by Crippen LogP contribution is -2.38. The summed E-state index contributed by atoms with van der Waals surface area (Å²) >= 11 is 12.1. The SMILES string of the molecule is NCC(CO)(Cc1cc(Cl)ccc1Cl)C1CC1. The number of nitrogens with two attached hydrogens (primary N) is 1. The molecule has 3 N–H and O–H groups in total. The number of aliphatic hydroxyl groups is 1. The average Bonchev–Trinajstić information content (AvgIpc) is 3.15. The summed E-state index contributed by atoms with van der Waals surface area (Å²) in [6.07, 6.45) is 3.00. The molecule has 0 heterocycles. The van der Waals surface area contributed by atoms with Crippen molar-refractivity contribution < 1.29 is 5.11 Å². The highest BCUT2D eigenvalue weighted by molar-refractivity contribution is 6.33. The fourth-order valence-corrected chi connectivity index (χ4v) is 2.77. The molecule has 1 aliphatic carbocycles. The molecule has 17 heavy (non-hydrogen) atoms. The lowest BCUT2D eigenvalue weighted by molar-refractivity contribution is 0.109. The minimum atomic E-state index is -0.228. The van der Waals surface area contributed by atoms with Crippen LogP contribution in [0.15, 0.2) is 18.2 Å². The molecule has 2 rings (SSSR count). The Kier molecular flexibility index (Phi) is 3.99. The van der Waals surface area contributed by atoms with Crippen LogP contribution in [0.2, 0.25) is 10.0 Å². The number of rotatable bonds is 5. The van der Waals surface area contributed by atoms with Crippen LogP contribution in [0.25, 0.3) is 0 Å². The van der Waals surface area contributed by atoms with Crippen LogP contribution in [0.4, 0.5) is 0 Å². The van der Waals surface area contributed by atoms with Gasteiger partial charge in [-0.1, -0.05) is 23.2 Å². The highest BCUT2D eigenvalue weighted by atomic mass is 35.5. The number of hydrogen-bond donors (Lipinski definition) is 2. The van der Waals surface area contributed by atoms with Gasteiger partial charge in [-0.25, -0.2) is 0 Å². The summed E-state index contributed by atoms with van der Waals surface area (Å²) in [7, 11) is 0. The molecule has 4 heteroatoms. The summed E-state index contributed by atoms with van der Waals surface area (Å²) in [5.74, 6) is 0.521. The molecule has 2 nitrogen and oxygen atoms in total. The maximum absolute atomic E-state index is 9.65. The van der Waals surface area contributed by atoms with Crippen LogP contribution in [0.3, 0.4) is 0 Å². The van der Waals surface area contributed by atoms with Gasteiger partial charge in [-0.15, -0.1) is 0 Å². The number of aliphatic hydroxyl groups excluding tert-OH is 1. The van der Waals surface area contributed by atoms with Crippen molar-refractivity contribution in [3.8, 4) is 0 Å². The van der Waals surface area contributed by atoms with E-state index in [1.165, 1.54) is 0 Å². The molecule has 1 atom stereocenters. The predicted molar refractivity (Wildman–Crippen MR) is 71.5 cm³/mol.